The summed E-state index contributed by atoms with van der Waals surface area (Å²) >= 11 is 1.30. The molecule has 0 fully saturated rings. The van der Waals surface area contributed by atoms with Crippen molar-refractivity contribution in [1.82, 2.24) is 5.32 Å². The molecule has 0 aliphatic rings. The fourth-order valence-electron chi connectivity index (χ4n) is 1.61. The van der Waals surface area contributed by atoms with Gasteiger partial charge in [-0.05, 0) is 44.2 Å². The van der Waals surface area contributed by atoms with Crippen LogP contribution in [0.2, 0.25) is 0 Å². The van der Waals surface area contributed by atoms with E-state index in [1.165, 1.54) is 11.3 Å². The Kier molecular flexibility index (Phi) is 6.16. The molecule has 3 nitrogen and oxygen atoms in total. The quantitative estimate of drug-likeness (QED) is 0.793. The van der Waals surface area contributed by atoms with Crippen LogP contribution in [-0.2, 0) is 9.84 Å². The van der Waals surface area contributed by atoms with Gasteiger partial charge in [-0.3, -0.25) is 0 Å². The van der Waals surface area contributed by atoms with Gasteiger partial charge in [-0.25, -0.2) is 8.42 Å². The molecular formula is C12H21NO2S2. The van der Waals surface area contributed by atoms with Crippen LogP contribution in [-0.4, -0.2) is 26.8 Å². The average molecular weight is 275 g/mol. The summed E-state index contributed by atoms with van der Waals surface area (Å²) in [6, 6.07) is 3.86. The Morgan fingerprint density at radius 2 is 2.24 bits per heavy atom. The summed E-state index contributed by atoms with van der Waals surface area (Å²) in [5.74, 6) is 0.256. The molecule has 0 bridgehead atoms. The van der Waals surface area contributed by atoms with E-state index in [2.05, 4.69) is 19.2 Å². The normalized spacial score (nSPS) is 13.8. The van der Waals surface area contributed by atoms with Gasteiger partial charge in [0.05, 0.1) is 5.75 Å². The van der Waals surface area contributed by atoms with Crippen molar-refractivity contribution in [2.45, 2.75) is 43.4 Å². The second-order valence-corrected chi connectivity index (χ2v) is 7.53. The van der Waals surface area contributed by atoms with Crippen molar-refractivity contribution < 1.29 is 8.42 Å². The van der Waals surface area contributed by atoms with Crippen molar-refractivity contribution in [3.05, 3.63) is 17.5 Å². The maximum atomic E-state index is 11.9. The van der Waals surface area contributed by atoms with E-state index in [1.807, 2.05) is 0 Å². The van der Waals surface area contributed by atoms with Gasteiger partial charge < -0.3 is 5.32 Å². The number of thiophene rings is 1. The zero-order valence-corrected chi connectivity index (χ0v) is 12.1. The molecule has 0 amide bonds. The topological polar surface area (TPSA) is 46.2 Å². The maximum absolute atomic E-state index is 11.9. The Labute approximate surface area is 108 Å². The summed E-state index contributed by atoms with van der Waals surface area (Å²) in [6.07, 6.45) is 2.74. The molecule has 0 spiro atoms. The fraction of sp³-hybridized carbons (Fsp3) is 0.667. The first kappa shape index (κ1) is 14.7. The lowest BCUT2D eigenvalue weighted by atomic mass is 10.2. The number of nitrogens with one attached hydrogen (secondary N) is 1. The summed E-state index contributed by atoms with van der Waals surface area (Å²) in [4.78, 5) is 0. The number of hydrogen-bond donors (Lipinski definition) is 1. The van der Waals surface area contributed by atoms with Gasteiger partial charge in [0.25, 0.3) is 0 Å². The predicted molar refractivity (Wildman–Crippen MR) is 73.4 cm³/mol. The Morgan fingerprint density at radius 3 is 2.82 bits per heavy atom. The Balaban J connectivity index is 2.31. The van der Waals surface area contributed by atoms with E-state index in [0.717, 1.165) is 25.8 Å². The van der Waals surface area contributed by atoms with E-state index in [4.69, 9.17) is 0 Å². The van der Waals surface area contributed by atoms with Crippen LogP contribution >= 0.6 is 11.3 Å². The van der Waals surface area contributed by atoms with Gasteiger partial charge in [0.1, 0.15) is 4.21 Å². The van der Waals surface area contributed by atoms with Crippen LogP contribution in [0.3, 0.4) is 0 Å². The third-order valence-electron chi connectivity index (χ3n) is 2.59. The highest BCUT2D eigenvalue weighted by atomic mass is 32.2. The summed E-state index contributed by atoms with van der Waals surface area (Å²) in [5.41, 5.74) is 0. The van der Waals surface area contributed by atoms with Gasteiger partial charge in [0.2, 0.25) is 0 Å². The second-order valence-electron chi connectivity index (χ2n) is 4.25. The van der Waals surface area contributed by atoms with E-state index in [1.54, 1.807) is 17.5 Å². The first-order valence-corrected chi connectivity index (χ1v) is 8.59. The van der Waals surface area contributed by atoms with E-state index < -0.39 is 9.84 Å². The third-order valence-corrected chi connectivity index (χ3v) is 5.88. The molecule has 1 N–H and O–H groups in total. The predicted octanol–water partition coefficient (Wildman–Crippen LogP) is 2.69. The van der Waals surface area contributed by atoms with E-state index in [0.29, 0.717) is 10.3 Å². The fourth-order valence-corrected chi connectivity index (χ4v) is 4.10. The number of hydrogen-bond acceptors (Lipinski definition) is 4. The summed E-state index contributed by atoms with van der Waals surface area (Å²) < 4.78 is 24.2. The van der Waals surface area contributed by atoms with Crippen LogP contribution in [0.25, 0.3) is 0 Å². The first-order chi connectivity index (χ1) is 8.06. The molecule has 17 heavy (non-hydrogen) atoms. The van der Waals surface area contributed by atoms with Gasteiger partial charge in [0.15, 0.2) is 9.84 Å². The van der Waals surface area contributed by atoms with E-state index in [9.17, 15) is 8.42 Å². The van der Waals surface area contributed by atoms with Crippen LogP contribution in [0, 0.1) is 0 Å². The molecule has 1 aromatic heterocycles. The van der Waals surface area contributed by atoms with Crippen molar-refractivity contribution in [2.24, 2.45) is 0 Å². The number of sulfone groups is 1. The highest BCUT2D eigenvalue weighted by Crippen LogP contribution is 2.18. The highest BCUT2D eigenvalue weighted by molar-refractivity contribution is 7.93. The minimum absolute atomic E-state index is 0.256. The lowest BCUT2D eigenvalue weighted by Gasteiger charge is -2.12. The van der Waals surface area contributed by atoms with Crippen LogP contribution in [0.15, 0.2) is 21.7 Å². The van der Waals surface area contributed by atoms with E-state index >= 15 is 0 Å². The van der Waals surface area contributed by atoms with Crippen molar-refractivity contribution in [3.8, 4) is 0 Å². The lowest BCUT2D eigenvalue weighted by molar-refractivity contribution is 0.506. The minimum Gasteiger partial charge on any atom is -0.314 e. The zero-order chi connectivity index (χ0) is 12.7. The molecule has 1 unspecified atom stereocenters. The minimum atomic E-state index is -3.04. The van der Waals surface area contributed by atoms with E-state index in [-0.39, 0.29) is 5.75 Å². The lowest BCUT2D eigenvalue weighted by Crippen LogP contribution is -2.27. The molecule has 1 rings (SSSR count). The smallest absolute Gasteiger partial charge is 0.187 e. The maximum Gasteiger partial charge on any atom is 0.187 e. The molecule has 1 aromatic rings. The van der Waals surface area contributed by atoms with Crippen LogP contribution in [0.5, 0.6) is 0 Å². The van der Waals surface area contributed by atoms with Crippen molar-refractivity contribution >= 4 is 21.2 Å². The van der Waals surface area contributed by atoms with Gasteiger partial charge in [-0.15, -0.1) is 11.3 Å². The molecule has 0 saturated heterocycles. The Morgan fingerprint density at radius 1 is 1.47 bits per heavy atom. The van der Waals surface area contributed by atoms with Crippen molar-refractivity contribution in [1.29, 1.82) is 0 Å². The molecule has 1 atom stereocenters. The van der Waals surface area contributed by atoms with Gasteiger partial charge in [-0.2, -0.15) is 0 Å². The number of rotatable bonds is 8. The van der Waals surface area contributed by atoms with Crippen LogP contribution < -0.4 is 5.32 Å². The Hall–Kier alpha value is -0.390. The summed E-state index contributed by atoms with van der Waals surface area (Å²) in [6.45, 7) is 5.23. The molecule has 0 radical (unpaired) electrons. The van der Waals surface area contributed by atoms with Crippen molar-refractivity contribution in [2.75, 3.05) is 12.3 Å². The SMILES string of the molecule is CCCNC(C)CCCS(=O)(=O)c1cccs1. The van der Waals surface area contributed by atoms with Gasteiger partial charge in [-0.1, -0.05) is 13.0 Å². The molecule has 0 aromatic carbocycles. The molecule has 1 heterocycles. The molecule has 0 aliphatic heterocycles. The van der Waals surface area contributed by atoms with Crippen LogP contribution in [0.4, 0.5) is 0 Å². The average Bonchev–Trinajstić information content (AvgIpc) is 2.80. The van der Waals surface area contributed by atoms with Crippen molar-refractivity contribution in [3.63, 3.8) is 0 Å². The molecule has 0 saturated carbocycles. The summed E-state index contributed by atoms with van der Waals surface area (Å²) in [5, 5.41) is 5.16. The molecule has 0 aliphatic carbocycles. The summed E-state index contributed by atoms with van der Waals surface area (Å²) in [7, 11) is -3.04. The first-order valence-electron chi connectivity index (χ1n) is 6.06. The molecule has 98 valence electrons. The zero-order valence-electron chi connectivity index (χ0n) is 10.5. The molecule has 5 heteroatoms. The monoisotopic (exact) mass is 275 g/mol. The van der Waals surface area contributed by atoms with Crippen LogP contribution in [0.1, 0.15) is 33.1 Å². The third kappa shape index (κ3) is 5.19. The Bertz CT molecular complexity index is 398. The van der Waals surface area contributed by atoms with Gasteiger partial charge >= 0.3 is 0 Å². The second kappa shape index (κ2) is 7.13. The van der Waals surface area contributed by atoms with Gasteiger partial charge in [0, 0.05) is 6.04 Å². The highest BCUT2D eigenvalue weighted by Gasteiger charge is 2.15. The standard InChI is InChI=1S/C12H21NO2S2/c1-3-8-13-11(2)6-5-10-17(14,15)12-7-4-9-16-12/h4,7,9,11,13H,3,5-6,8,10H2,1-2H3. The largest absolute Gasteiger partial charge is 0.314 e. The molecular weight excluding hydrogens is 254 g/mol.